The number of carbonyl (C=O) groups is 1. The molecule has 1 heterocycles. The summed E-state index contributed by atoms with van der Waals surface area (Å²) >= 11 is 5.60. The van der Waals surface area contributed by atoms with Crippen LogP contribution in [0.15, 0.2) is 23.2 Å². The predicted octanol–water partition coefficient (Wildman–Crippen LogP) is 1.66. The normalized spacial score (nSPS) is 19.5. The molecule has 1 amide bonds. The summed E-state index contributed by atoms with van der Waals surface area (Å²) in [5.41, 5.74) is 6.88. The summed E-state index contributed by atoms with van der Waals surface area (Å²) in [7, 11) is 1.71. The van der Waals surface area contributed by atoms with Crippen LogP contribution in [0.3, 0.4) is 0 Å². The monoisotopic (exact) mass is 267 g/mol. The van der Waals surface area contributed by atoms with Crippen LogP contribution in [0.5, 0.6) is 5.75 Å². The molecule has 0 bridgehead atoms. The molecule has 0 aromatic heterocycles. The Kier molecular flexibility index (Phi) is 3.43. The molecule has 0 aliphatic carbocycles. The highest BCUT2D eigenvalue weighted by Crippen LogP contribution is 2.41. The lowest BCUT2D eigenvalue weighted by atomic mass is 10.2. The molecule has 2 N–H and O–H groups in total. The van der Waals surface area contributed by atoms with Gasteiger partial charge in [-0.15, -0.1) is 11.6 Å². The molecule has 0 fully saturated rings. The Labute approximate surface area is 110 Å². The molecule has 1 aliphatic heterocycles. The van der Waals surface area contributed by atoms with Crippen LogP contribution in [0.1, 0.15) is 6.92 Å². The molecule has 18 heavy (non-hydrogen) atoms. The molecule has 0 spiro atoms. The third-order valence-corrected chi connectivity index (χ3v) is 2.98. The Morgan fingerprint density at radius 1 is 1.61 bits per heavy atom. The molecule has 5 nitrogen and oxygen atoms in total. The number of aliphatic imine (C=N–C) groups is 1. The van der Waals surface area contributed by atoms with Crippen molar-refractivity contribution < 1.29 is 9.53 Å². The van der Waals surface area contributed by atoms with E-state index in [0.717, 1.165) is 0 Å². The van der Waals surface area contributed by atoms with Gasteiger partial charge in [0.05, 0.1) is 11.6 Å². The van der Waals surface area contributed by atoms with Crippen molar-refractivity contribution in [3.8, 4) is 5.75 Å². The zero-order valence-electron chi connectivity index (χ0n) is 10.2. The van der Waals surface area contributed by atoms with E-state index in [4.69, 9.17) is 22.1 Å². The Hall–Kier alpha value is -1.75. The zero-order valence-corrected chi connectivity index (χ0v) is 10.9. The minimum Gasteiger partial charge on any atom is -0.476 e. The van der Waals surface area contributed by atoms with E-state index in [1.54, 1.807) is 37.1 Å². The number of amides is 1. The first-order chi connectivity index (χ1) is 8.54. The van der Waals surface area contributed by atoms with Crippen LogP contribution in [-0.2, 0) is 4.79 Å². The minimum atomic E-state index is -0.531. The number of amidine groups is 1. The van der Waals surface area contributed by atoms with Crippen molar-refractivity contribution in [1.82, 2.24) is 0 Å². The molecule has 6 heteroatoms. The topological polar surface area (TPSA) is 67.9 Å². The van der Waals surface area contributed by atoms with Crippen LogP contribution in [0.25, 0.3) is 0 Å². The minimum absolute atomic E-state index is 0.0889. The van der Waals surface area contributed by atoms with Gasteiger partial charge in [-0.05, 0) is 19.1 Å². The van der Waals surface area contributed by atoms with E-state index < -0.39 is 6.10 Å². The molecule has 0 saturated heterocycles. The summed E-state index contributed by atoms with van der Waals surface area (Å²) in [4.78, 5) is 17.5. The average Bonchev–Trinajstić information content (AvgIpc) is 2.37. The fourth-order valence-corrected chi connectivity index (χ4v) is 1.85. The third kappa shape index (κ3) is 2.13. The summed E-state index contributed by atoms with van der Waals surface area (Å²) in [5, 5.41) is 0. The highest BCUT2D eigenvalue weighted by atomic mass is 35.5. The molecular formula is C12H14ClN3O2. The molecular weight excluding hydrogens is 254 g/mol. The van der Waals surface area contributed by atoms with Gasteiger partial charge in [0, 0.05) is 7.05 Å². The Morgan fingerprint density at radius 3 is 3.00 bits per heavy atom. The van der Waals surface area contributed by atoms with E-state index in [9.17, 15) is 4.79 Å². The SMILES string of the molecule is CC1Oc2c(N=C(N)CCl)cccc2N(C)C1=O. The number of para-hydroxylation sites is 1. The lowest BCUT2D eigenvalue weighted by Gasteiger charge is -2.30. The third-order valence-electron chi connectivity index (χ3n) is 2.71. The number of fused-ring (bicyclic) bond motifs is 1. The zero-order chi connectivity index (χ0) is 13.3. The number of nitrogens with zero attached hydrogens (tertiary/aromatic N) is 2. The second kappa shape index (κ2) is 4.86. The first-order valence-electron chi connectivity index (χ1n) is 5.51. The number of carbonyl (C=O) groups excluding carboxylic acids is 1. The summed E-state index contributed by atoms with van der Waals surface area (Å²) in [6.07, 6.45) is -0.531. The fourth-order valence-electron chi connectivity index (χ4n) is 1.79. The van der Waals surface area contributed by atoms with Crippen LogP contribution < -0.4 is 15.4 Å². The smallest absolute Gasteiger partial charge is 0.267 e. The van der Waals surface area contributed by atoms with E-state index in [-0.39, 0.29) is 11.8 Å². The van der Waals surface area contributed by atoms with Gasteiger partial charge in [-0.3, -0.25) is 4.79 Å². The molecule has 0 saturated carbocycles. The number of ether oxygens (including phenoxy) is 1. The molecule has 1 unspecified atom stereocenters. The number of hydrogen-bond donors (Lipinski definition) is 1. The van der Waals surface area contributed by atoms with Gasteiger partial charge < -0.3 is 15.4 Å². The molecule has 96 valence electrons. The average molecular weight is 268 g/mol. The summed E-state index contributed by atoms with van der Waals surface area (Å²) < 4.78 is 5.59. The van der Waals surface area contributed by atoms with Gasteiger partial charge in [0.2, 0.25) is 0 Å². The van der Waals surface area contributed by atoms with Crippen molar-refractivity contribution in [3.63, 3.8) is 0 Å². The molecule has 1 aromatic carbocycles. The summed E-state index contributed by atoms with van der Waals surface area (Å²) in [5.74, 6) is 0.920. The van der Waals surface area contributed by atoms with Crippen molar-refractivity contribution in [2.24, 2.45) is 10.7 Å². The van der Waals surface area contributed by atoms with Crippen molar-refractivity contribution in [2.45, 2.75) is 13.0 Å². The number of nitrogens with two attached hydrogens (primary N) is 1. The number of anilines is 1. The van der Waals surface area contributed by atoms with Crippen LogP contribution in [0.2, 0.25) is 0 Å². The van der Waals surface area contributed by atoms with Crippen LogP contribution in [0, 0.1) is 0 Å². The van der Waals surface area contributed by atoms with Gasteiger partial charge in [-0.1, -0.05) is 6.07 Å². The summed E-state index contributed by atoms with van der Waals surface area (Å²) in [6, 6.07) is 5.37. The Balaban J connectivity index is 2.51. The van der Waals surface area contributed by atoms with Crippen LogP contribution in [-0.4, -0.2) is 30.8 Å². The van der Waals surface area contributed by atoms with Crippen molar-refractivity contribution in [3.05, 3.63) is 18.2 Å². The first kappa shape index (κ1) is 12.7. The highest BCUT2D eigenvalue weighted by molar-refractivity contribution is 6.28. The van der Waals surface area contributed by atoms with Gasteiger partial charge in [0.1, 0.15) is 11.5 Å². The summed E-state index contributed by atoms with van der Waals surface area (Å²) in [6.45, 7) is 1.70. The first-order valence-corrected chi connectivity index (χ1v) is 6.04. The predicted molar refractivity (Wildman–Crippen MR) is 71.9 cm³/mol. The van der Waals surface area contributed by atoms with E-state index in [2.05, 4.69) is 4.99 Å². The quantitative estimate of drug-likeness (QED) is 0.503. The van der Waals surface area contributed by atoms with Crippen molar-refractivity contribution in [2.75, 3.05) is 17.8 Å². The van der Waals surface area contributed by atoms with E-state index in [1.807, 2.05) is 0 Å². The number of rotatable bonds is 2. The van der Waals surface area contributed by atoms with Gasteiger partial charge in [0.15, 0.2) is 11.9 Å². The molecule has 1 aliphatic rings. The largest absolute Gasteiger partial charge is 0.476 e. The highest BCUT2D eigenvalue weighted by Gasteiger charge is 2.30. The maximum absolute atomic E-state index is 11.8. The molecule has 0 radical (unpaired) electrons. The molecule has 1 atom stereocenters. The van der Waals surface area contributed by atoms with Crippen molar-refractivity contribution in [1.29, 1.82) is 0 Å². The maximum atomic E-state index is 11.8. The second-order valence-corrected chi connectivity index (χ2v) is 4.29. The van der Waals surface area contributed by atoms with Crippen LogP contribution in [0.4, 0.5) is 11.4 Å². The standard InChI is InChI=1S/C12H14ClN3O2/c1-7-12(17)16(2)9-5-3-4-8(11(9)18-7)15-10(14)6-13/h3-5,7H,6H2,1-2H3,(H2,14,15). The molecule has 1 aromatic rings. The lowest BCUT2D eigenvalue weighted by Crippen LogP contribution is -2.41. The van der Waals surface area contributed by atoms with E-state index in [1.165, 1.54) is 0 Å². The van der Waals surface area contributed by atoms with Gasteiger partial charge in [-0.2, -0.15) is 0 Å². The number of halogens is 1. The molecule has 2 rings (SSSR count). The number of hydrogen-bond acceptors (Lipinski definition) is 3. The maximum Gasteiger partial charge on any atom is 0.267 e. The second-order valence-electron chi connectivity index (χ2n) is 4.02. The van der Waals surface area contributed by atoms with Crippen LogP contribution >= 0.6 is 11.6 Å². The Bertz CT molecular complexity index is 516. The Morgan fingerprint density at radius 2 is 2.33 bits per heavy atom. The lowest BCUT2D eigenvalue weighted by molar-refractivity contribution is -0.125. The van der Waals surface area contributed by atoms with Gasteiger partial charge in [0.25, 0.3) is 5.91 Å². The van der Waals surface area contributed by atoms with Gasteiger partial charge >= 0.3 is 0 Å². The van der Waals surface area contributed by atoms with Crippen molar-refractivity contribution >= 4 is 34.7 Å². The number of alkyl halides is 1. The van der Waals surface area contributed by atoms with Gasteiger partial charge in [-0.25, -0.2) is 4.99 Å². The van der Waals surface area contributed by atoms with E-state index >= 15 is 0 Å². The number of likely N-dealkylation sites (N-methyl/N-ethyl adjacent to an activating group) is 1. The van der Waals surface area contributed by atoms with E-state index in [0.29, 0.717) is 23.0 Å². The fraction of sp³-hybridized carbons (Fsp3) is 0.333. The number of benzene rings is 1.